The SMILES string of the molecule is CCCC(=O)Nc1ccc(N(C(C)=O)C2CCOCC2)cc1. The van der Waals surface area contributed by atoms with Gasteiger partial charge in [0.2, 0.25) is 11.8 Å². The number of hydrogen-bond acceptors (Lipinski definition) is 3. The number of carbonyl (C=O) groups is 2. The normalized spacial score (nSPS) is 15.4. The first-order valence-electron chi connectivity index (χ1n) is 7.89. The Balaban J connectivity index is 2.08. The second-order valence-electron chi connectivity index (χ2n) is 5.58. The molecule has 0 atom stereocenters. The smallest absolute Gasteiger partial charge is 0.224 e. The lowest BCUT2D eigenvalue weighted by atomic mass is 10.1. The molecule has 1 saturated heterocycles. The minimum Gasteiger partial charge on any atom is -0.381 e. The Labute approximate surface area is 131 Å². The van der Waals surface area contributed by atoms with Crippen LogP contribution < -0.4 is 10.2 Å². The van der Waals surface area contributed by atoms with Gasteiger partial charge >= 0.3 is 0 Å². The van der Waals surface area contributed by atoms with Crippen LogP contribution in [0.2, 0.25) is 0 Å². The van der Waals surface area contributed by atoms with Crippen LogP contribution in [-0.2, 0) is 14.3 Å². The highest BCUT2D eigenvalue weighted by Gasteiger charge is 2.24. The number of anilines is 2. The Hall–Kier alpha value is -1.88. The highest BCUT2D eigenvalue weighted by Crippen LogP contribution is 2.24. The van der Waals surface area contributed by atoms with Crippen molar-refractivity contribution in [3.63, 3.8) is 0 Å². The van der Waals surface area contributed by atoms with E-state index < -0.39 is 0 Å². The highest BCUT2D eigenvalue weighted by molar-refractivity contribution is 5.93. The third-order valence-electron chi connectivity index (χ3n) is 3.80. The first-order valence-corrected chi connectivity index (χ1v) is 7.89. The molecule has 2 rings (SSSR count). The average molecular weight is 304 g/mol. The molecular weight excluding hydrogens is 280 g/mol. The van der Waals surface area contributed by atoms with Gasteiger partial charge in [0.25, 0.3) is 0 Å². The maximum atomic E-state index is 12.0. The van der Waals surface area contributed by atoms with Gasteiger partial charge in [0.05, 0.1) is 0 Å². The molecule has 0 unspecified atom stereocenters. The summed E-state index contributed by atoms with van der Waals surface area (Å²) in [5, 5.41) is 2.86. The molecule has 0 spiro atoms. The fourth-order valence-corrected chi connectivity index (χ4v) is 2.75. The molecule has 0 bridgehead atoms. The van der Waals surface area contributed by atoms with Crippen LogP contribution in [0, 0.1) is 0 Å². The molecule has 1 aliphatic rings. The van der Waals surface area contributed by atoms with Gasteiger partial charge < -0.3 is 15.0 Å². The molecule has 0 saturated carbocycles. The van der Waals surface area contributed by atoms with Crippen molar-refractivity contribution < 1.29 is 14.3 Å². The summed E-state index contributed by atoms with van der Waals surface area (Å²) >= 11 is 0. The van der Waals surface area contributed by atoms with Crippen LogP contribution in [0.15, 0.2) is 24.3 Å². The van der Waals surface area contributed by atoms with Gasteiger partial charge in [-0.05, 0) is 43.5 Å². The van der Waals surface area contributed by atoms with E-state index in [1.165, 1.54) is 0 Å². The van der Waals surface area contributed by atoms with Crippen LogP contribution in [0.3, 0.4) is 0 Å². The average Bonchev–Trinajstić information content (AvgIpc) is 2.50. The van der Waals surface area contributed by atoms with Crippen molar-refractivity contribution in [3.05, 3.63) is 24.3 Å². The van der Waals surface area contributed by atoms with E-state index in [4.69, 9.17) is 4.74 Å². The van der Waals surface area contributed by atoms with E-state index in [1.54, 1.807) is 6.92 Å². The largest absolute Gasteiger partial charge is 0.381 e. The van der Waals surface area contributed by atoms with Gasteiger partial charge in [0.1, 0.15) is 0 Å². The molecule has 1 N–H and O–H groups in total. The predicted molar refractivity (Wildman–Crippen MR) is 87.0 cm³/mol. The van der Waals surface area contributed by atoms with Crippen molar-refractivity contribution in [1.82, 2.24) is 0 Å². The zero-order valence-corrected chi connectivity index (χ0v) is 13.3. The van der Waals surface area contributed by atoms with Gasteiger partial charge in [0.15, 0.2) is 0 Å². The first kappa shape index (κ1) is 16.5. The summed E-state index contributed by atoms with van der Waals surface area (Å²) in [6.07, 6.45) is 3.05. The summed E-state index contributed by atoms with van der Waals surface area (Å²) in [6, 6.07) is 7.65. The number of rotatable bonds is 5. The van der Waals surface area contributed by atoms with Crippen LogP contribution >= 0.6 is 0 Å². The number of ether oxygens (including phenoxy) is 1. The van der Waals surface area contributed by atoms with Crippen molar-refractivity contribution in [2.45, 2.75) is 45.6 Å². The molecule has 5 heteroatoms. The molecule has 22 heavy (non-hydrogen) atoms. The minimum absolute atomic E-state index is 0.0168. The van der Waals surface area contributed by atoms with Gasteiger partial charge in [-0.1, -0.05) is 6.92 Å². The van der Waals surface area contributed by atoms with Crippen molar-refractivity contribution in [1.29, 1.82) is 0 Å². The second-order valence-corrected chi connectivity index (χ2v) is 5.58. The molecule has 2 amide bonds. The summed E-state index contributed by atoms with van der Waals surface area (Å²) < 4.78 is 5.37. The quantitative estimate of drug-likeness (QED) is 0.910. The molecule has 5 nitrogen and oxygen atoms in total. The zero-order chi connectivity index (χ0) is 15.9. The van der Waals surface area contributed by atoms with Crippen LogP contribution in [0.5, 0.6) is 0 Å². The van der Waals surface area contributed by atoms with E-state index in [1.807, 2.05) is 36.1 Å². The number of benzene rings is 1. The van der Waals surface area contributed by atoms with Crippen LogP contribution in [-0.4, -0.2) is 31.1 Å². The van der Waals surface area contributed by atoms with Gasteiger partial charge in [-0.25, -0.2) is 0 Å². The van der Waals surface area contributed by atoms with E-state index in [9.17, 15) is 9.59 Å². The standard InChI is InChI=1S/C17H24N2O3/c1-3-4-17(21)18-14-5-7-15(8-6-14)19(13(2)20)16-9-11-22-12-10-16/h5-8,16H,3-4,9-12H2,1-2H3,(H,18,21). The predicted octanol–water partition coefficient (Wildman–Crippen LogP) is 2.96. The number of nitrogens with zero attached hydrogens (tertiary/aromatic N) is 1. The monoisotopic (exact) mass is 304 g/mol. The molecule has 1 aliphatic heterocycles. The molecule has 1 aromatic carbocycles. The molecule has 120 valence electrons. The van der Waals surface area contributed by atoms with E-state index >= 15 is 0 Å². The van der Waals surface area contributed by atoms with Crippen molar-refractivity contribution >= 4 is 23.2 Å². The maximum absolute atomic E-state index is 12.0. The van der Waals surface area contributed by atoms with E-state index in [-0.39, 0.29) is 17.9 Å². The molecule has 0 radical (unpaired) electrons. The van der Waals surface area contributed by atoms with Gasteiger partial charge in [-0.3, -0.25) is 9.59 Å². The lowest BCUT2D eigenvalue weighted by molar-refractivity contribution is -0.117. The van der Waals surface area contributed by atoms with Gasteiger partial charge in [0, 0.05) is 44.0 Å². The summed E-state index contributed by atoms with van der Waals surface area (Å²) in [4.78, 5) is 25.4. The molecule has 1 aromatic rings. The van der Waals surface area contributed by atoms with E-state index in [2.05, 4.69) is 5.32 Å². The van der Waals surface area contributed by atoms with Crippen molar-refractivity contribution in [2.75, 3.05) is 23.4 Å². The van der Waals surface area contributed by atoms with Gasteiger partial charge in [-0.2, -0.15) is 0 Å². The lowest BCUT2D eigenvalue weighted by Gasteiger charge is -2.33. The fraction of sp³-hybridized carbons (Fsp3) is 0.529. The Kier molecular flexibility index (Phi) is 5.95. The van der Waals surface area contributed by atoms with Crippen molar-refractivity contribution in [2.24, 2.45) is 0 Å². The van der Waals surface area contributed by atoms with E-state index in [0.29, 0.717) is 19.6 Å². The molecule has 1 heterocycles. The summed E-state index contributed by atoms with van der Waals surface area (Å²) in [5.74, 6) is 0.0535. The van der Waals surface area contributed by atoms with Crippen LogP contribution in [0.1, 0.15) is 39.5 Å². The fourth-order valence-electron chi connectivity index (χ4n) is 2.75. The Morgan fingerprint density at radius 1 is 1.23 bits per heavy atom. The Morgan fingerprint density at radius 2 is 1.86 bits per heavy atom. The van der Waals surface area contributed by atoms with E-state index in [0.717, 1.165) is 30.6 Å². The maximum Gasteiger partial charge on any atom is 0.224 e. The van der Waals surface area contributed by atoms with Crippen molar-refractivity contribution in [3.8, 4) is 0 Å². The Bertz CT molecular complexity index is 507. The Morgan fingerprint density at radius 3 is 2.41 bits per heavy atom. The summed E-state index contributed by atoms with van der Waals surface area (Å²) in [7, 11) is 0. The molecule has 0 aliphatic carbocycles. The van der Waals surface area contributed by atoms with Crippen LogP contribution in [0.4, 0.5) is 11.4 Å². The third kappa shape index (κ3) is 4.31. The number of carbonyl (C=O) groups excluding carboxylic acids is 2. The topological polar surface area (TPSA) is 58.6 Å². The number of hydrogen-bond donors (Lipinski definition) is 1. The minimum atomic E-state index is 0.0168. The van der Waals surface area contributed by atoms with Gasteiger partial charge in [-0.15, -0.1) is 0 Å². The number of nitrogens with one attached hydrogen (secondary N) is 1. The zero-order valence-electron chi connectivity index (χ0n) is 13.3. The molecule has 0 aromatic heterocycles. The molecular formula is C17H24N2O3. The second kappa shape index (κ2) is 7.94. The first-order chi connectivity index (χ1) is 10.6. The third-order valence-corrected chi connectivity index (χ3v) is 3.80. The number of amides is 2. The highest BCUT2D eigenvalue weighted by atomic mass is 16.5. The summed E-state index contributed by atoms with van der Waals surface area (Å²) in [5.41, 5.74) is 1.63. The van der Waals surface area contributed by atoms with Crippen LogP contribution in [0.25, 0.3) is 0 Å². The summed E-state index contributed by atoms with van der Waals surface area (Å²) in [6.45, 7) is 4.95. The molecule has 1 fully saturated rings. The lowest BCUT2D eigenvalue weighted by Crippen LogP contribution is -2.42.